The third-order valence-electron chi connectivity index (χ3n) is 6.27. The van der Waals surface area contributed by atoms with Crippen LogP contribution in [0.2, 0.25) is 0 Å². The van der Waals surface area contributed by atoms with Gasteiger partial charge in [-0.25, -0.2) is 0 Å². The van der Waals surface area contributed by atoms with Gasteiger partial charge in [-0.2, -0.15) is 0 Å². The van der Waals surface area contributed by atoms with Crippen molar-refractivity contribution in [2.45, 2.75) is 92.9 Å². The van der Waals surface area contributed by atoms with Gasteiger partial charge in [0.15, 0.2) is 11.5 Å². The van der Waals surface area contributed by atoms with Gasteiger partial charge in [0.25, 0.3) is 0 Å². The van der Waals surface area contributed by atoms with Crippen LogP contribution in [0, 0.1) is 17.3 Å². The van der Waals surface area contributed by atoms with E-state index in [9.17, 15) is 0 Å². The largest absolute Gasteiger partial charge is 0.488 e. The molecule has 0 spiro atoms. The number of thiophene rings is 1. The summed E-state index contributed by atoms with van der Waals surface area (Å²) in [6, 6.07) is 0. The number of fused-ring (bicyclic) bond motifs is 1. The Kier molecular flexibility index (Phi) is 16.1. The molecule has 2 heterocycles. The van der Waals surface area contributed by atoms with E-state index in [0.717, 1.165) is 24.7 Å². The molecule has 0 radical (unpaired) electrons. The van der Waals surface area contributed by atoms with E-state index < -0.39 is 0 Å². The summed E-state index contributed by atoms with van der Waals surface area (Å²) in [6.07, 6.45) is 9.87. The minimum atomic E-state index is -0.261. The van der Waals surface area contributed by atoms with Crippen molar-refractivity contribution in [3.05, 3.63) is 10.8 Å². The lowest BCUT2D eigenvalue weighted by molar-refractivity contribution is -0.0715. The van der Waals surface area contributed by atoms with Crippen molar-refractivity contribution in [3.8, 4) is 11.5 Å². The van der Waals surface area contributed by atoms with Gasteiger partial charge in [-0.3, -0.25) is 0 Å². The zero-order chi connectivity index (χ0) is 23.7. The fourth-order valence-electron chi connectivity index (χ4n) is 3.88. The van der Waals surface area contributed by atoms with Gasteiger partial charge in [0, 0.05) is 24.0 Å². The summed E-state index contributed by atoms with van der Waals surface area (Å²) in [4.78, 5) is 0. The van der Waals surface area contributed by atoms with Crippen LogP contribution < -0.4 is 9.47 Å². The molecule has 0 saturated heterocycles. The minimum absolute atomic E-state index is 0.261. The molecular formula is C27H50O4S. The van der Waals surface area contributed by atoms with Gasteiger partial charge in [-0.15, -0.1) is 11.3 Å². The molecule has 2 unspecified atom stereocenters. The highest BCUT2D eigenvalue weighted by molar-refractivity contribution is 7.08. The summed E-state index contributed by atoms with van der Waals surface area (Å²) in [5.41, 5.74) is -0.261. The third-order valence-corrected chi connectivity index (χ3v) is 6.97. The van der Waals surface area contributed by atoms with Gasteiger partial charge in [0.05, 0.1) is 18.6 Å². The number of unbranched alkanes of at least 4 members (excludes halogenated alkanes) is 2. The summed E-state index contributed by atoms with van der Waals surface area (Å²) < 4.78 is 24.8. The quantitative estimate of drug-likeness (QED) is 0.245. The summed E-state index contributed by atoms with van der Waals surface area (Å²) in [6.45, 7) is 17.1. The number of ether oxygens (including phenoxy) is 4. The molecule has 0 saturated carbocycles. The van der Waals surface area contributed by atoms with Crippen molar-refractivity contribution in [1.82, 2.24) is 0 Å². The zero-order valence-electron chi connectivity index (χ0n) is 21.8. The van der Waals surface area contributed by atoms with Crippen LogP contribution in [0.5, 0.6) is 11.5 Å². The Morgan fingerprint density at radius 2 is 1.25 bits per heavy atom. The molecule has 2 atom stereocenters. The second-order valence-electron chi connectivity index (χ2n) is 9.04. The predicted molar refractivity (Wildman–Crippen MR) is 137 cm³/mol. The Morgan fingerprint density at radius 1 is 0.812 bits per heavy atom. The van der Waals surface area contributed by atoms with Crippen LogP contribution in [0.25, 0.3) is 0 Å². The second-order valence-corrected chi connectivity index (χ2v) is 9.78. The highest BCUT2D eigenvalue weighted by atomic mass is 32.1. The molecule has 0 N–H and O–H groups in total. The number of rotatable bonds is 16. The average Bonchev–Trinajstić information content (AvgIpc) is 3.22. The van der Waals surface area contributed by atoms with Crippen molar-refractivity contribution in [1.29, 1.82) is 0 Å². The first kappa shape index (κ1) is 29.3. The Balaban J connectivity index is 0.00000249. The summed E-state index contributed by atoms with van der Waals surface area (Å²) in [5.74, 6) is 2.97. The smallest absolute Gasteiger partial charge is 0.171 e. The maximum absolute atomic E-state index is 6.27. The lowest BCUT2D eigenvalue weighted by Gasteiger charge is -2.32. The van der Waals surface area contributed by atoms with Gasteiger partial charge in [0.2, 0.25) is 0 Å². The molecule has 1 aromatic rings. The Morgan fingerprint density at radius 3 is 1.62 bits per heavy atom. The highest BCUT2D eigenvalue weighted by Crippen LogP contribution is 2.37. The van der Waals surface area contributed by atoms with Crippen molar-refractivity contribution < 1.29 is 18.9 Å². The normalized spacial score (nSPS) is 16.6. The Hall–Kier alpha value is -0.780. The van der Waals surface area contributed by atoms with Gasteiger partial charge >= 0.3 is 0 Å². The standard InChI is InChI=1S/C25H44O4S.C2H6/c1-5-9-11-21(7-3)13-26-17-25(18-27-14-22(8-4)12-10-6-2)19-28-23-15-30-16-24(23)29-20-25;1-2/h15-16,21-22H,5-14,17-20H2,1-4H3;1-2H3. The molecule has 1 aliphatic heterocycles. The molecule has 4 nitrogen and oxygen atoms in total. The van der Waals surface area contributed by atoms with E-state index >= 15 is 0 Å². The lowest BCUT2D eigenvalue weighted by atomic mass is 9.91. The fourth-order valence-corrected chi connectivity index (χ4v) is 4.56. The van der Waals surface area contributed by atoms with Crippen molar-refractivity contribution >= 4 is 11.3 Å². The zero-order valence-corrected chi connectivity index (χ0v) is 22.6. The van der Waals surface area contributed by atoms with Gasteiger partial charge < -0.3 is 18.9 Å². The van der Waals surface area contributed by atoms with E-state index in [1.165, 1.54) is 51.4 Å². The molecule has 0 aliphatic carbocycles. The average molecular weight is 471 g/mol. The molecule has 32 heavy (non-hydrogen) atoms. The Bertz CT molecular complexity index is 513. The van der Waals surface area contributed by atoms with Crippen LogP contribution in [0.4, 0.5) is 0 Å². The maximum atomic E-state index is 6.27. The lowest BCUT2D eigenvalue weighted by Crippen LogP contribution is -2.43. The molecule has 0 fully saturated rings. The molecule has 0 aromatic carbocycles. The van der Waals surface area contributed by atoms with Crippen LogP contribution in [-0.2, 0) is 9.47 Å². The monoisotopic (exact) mass is 470 g/mol. The first-order valence-corrected chi connectivity index (χ1v) is 14.1. The van der Waals surface area contributed by atoms with E-state index in [-0.39, 0.29) is 5.41 Å². The molecule has 0 bridgehead atoms. The van der Waals surface area contributed by atoms with Gasteiger partial charge in [-0.05, 0) is 24.7 Å². The molecule has 0 amide bonds. The topological polar surface area (TPSA) is 36.9 Å². The van der Waals surface area contributed by atoms with E-state index in [0.29, 0.717) is 38.3 Å². The first-order chi connectivity index (χ1) is 15.7. The summed E-state index contributed by atoms with van der Waals surface area (Å²) in [5, 5.41) is 4.03. The Labute approximate surface area is 202 Å². The van der Waals surface area contributed by atoms with E-state index in [4.69, 9.17) is 18.9 Å². The van der Waals surface area contributed by atoms with E-state index in [2.05, 4.69) is 27.7 Å². The van der Waals surface area contributed by atoms with Crippen molar-refractivity contribution in [2.24, 2.45) is 17.3 Å². The SMILES string of the molecule is CC.CCCCC(CC)COCC1(COCC(CC)CCCC)COc2cscc2OC1. The van der Waals surface area contributed by atoms with E-state index in [1.54, 1.807) is 11.3 Å². The maximum Gasteiger partial charge on any atom is 0.171 e. The highest BCUT2D eigenvalue weighted by Gasteiger charge is 2.37. The first-order valence-electron chi connectivity index (χ1n) is 13.1. The molecule has 1 aromatic heterocycles. The van der Waals surface area contributed by atoms with Crippen LogP contribution in [-0.4, -0.2) is 39.6 Å². The molecule has 1 aliphatic rings. The summed E-state index contributed by atoms with van der Waals surface area (Å²) >= 11 is 1.62. The van der Waals surface area contributed by atoms with Gasteiger partial charge in [-0.1, -0.05) is 80.1 Å². The molecule has 188 valence electrons. The van der Waals surface area contributed by atoms with Crippen LogP contribution in [0.1, 0.15) is 92.9 Å². The number of hydrogen-bond acceptors (Lipinski definition) is 5. The molecule has 5 heteroatoms. The van der Waals surface area contributed by atoms with Gasteiger partial charge in [0.1, 0.15) is 13.2 Å². The summed E-state index contributed by atoms with van der Waals surface area (Å²) in [7, 11) is 0. The molecular weight excluding hydrogens is 420 g/mol. The molecule has 2 rings (SSSR count). The third kappa shape index (κ3) is 10.4. The minimum Gasteiger partial charge on any atom is -0.488 e. The van der Waals surface area contributed by atoms with Crippen LogP contribution in [0.3, 0.4) is 0 Å². The van der Waals surface area contributed by atoms with Crippen LogP contribution in [0.15, 0.2) is 10.8 Å². The number of hydrogen-bond donors (Lipinski definition) is 0. The van der Waals surface area contributed by atoms with E-state index in [1.807, 2.05) is 24.6 Å². The fraction of sp³-hybridized carbons (Fsp3) is 0.852. The van der Waals surface area contributed by atoms with Crippen LogP contribution >= 0.6 is 11.3 Å². The predicted octanol–water partition coefficient (Wildman–Crippen LogP) is 8.00. The second kappa shape index (κ2) is 17.7. The van der Waals surface area contributed by atoms with Crippen molar-refractivity contribution in [3.63, 3.8) is 0 Å². The van der Waals surface area contributed by atoms with Crippen molar-refractivity contribution in [2.75, 3.05) is 39.6 Å².